The molecule has 1 aromatic heterocycles. The quantitative estimate of drug-likeness (QED) is 0.635. The van der Waals surface area contributed by atoms with E-state index in [1.54, 1.807) is 18.2 Å². The third kappa shape index (κ3) is 3.35. The first-order chi connectivity index (χ1) is 11.3. The number of nitro benzene ring substituents is 1. The van der Waals surface area contributed by atoms with Gasteiger partial charge in [0.25, 0.3) is 5.69 Å². The molecule has 1 aliphatic rings. The van der Waals surface area contributed by atoms with Gasteiger partial charge in [-0.25, -0.2) is 9.97 Å². The minimum Gasteiger partial charge on any atom is -0.294 e. The monoisotopic (exact) mass is 338 g/mol. The number of halogens is 3. The number of nitrogens with zero attached hydrogens (tertiary/aromatic N) is 4. The molecule has 0 fully saturated rings. The zero-order valence-electron chi connectivity index (χ0n) is 12.5. The van der Waals surface area contributed by atoms with Crippen LogP contribution in [-0.2, 0) is 25.7 Å². The second-order valence-corrected chi connectivity index (χ2v) is 5.51. The molecule has 0 spiro atoms. The molecule has 126 valence electrons. The van der Waals surface area contributed by atoms with Crippen molar-refractivity contribution in [3.8, 4) is 0 Å². The Hall–Kier alpha value is -2.55. The van der Waals surface area contributed by atoms with Crippen molar-refractivity contribution in [2.75, 3.05) is 6.54 Å². The molecule has 6 nitrogen and oxygen atoms in total. The number of nitro groups is 1. The molecule has 2 aromatic rings. The SMILES string of the molecule is O=[N+]([O-])c1ccccc1CN1CCc2nc(C(F)(F)F)ncc2C1. The molecular weight excluding hydrogens is 325 g/mol. The van der Waals surface area contributed by atoms with Crippen molar-refractivity contribution in [3.63, 3.8) is 0 Å². The number of hydrogen-bond acceptors (Lipinski definition) is 5. The molecule has 9 heteroatoms. The minimum absolute atomic E-state index is 0.0342. The van der Waals surface area contributed by atoms with Crippen LogP contribution in [0.2, 0.25) is 0 Å². The van der Waals surface area contributed by atoms with Crippen LogP contribution >= 0.6 is 0 Å². The fourth-order valence-electron chi connectivity index (χ4n) is 2.71. The van der Waals surface area contributed by atoms with E-state index in [2.05, 4.69) is 9.97 Å². The Bertz CT molecular complexity index is 780. The molecule has 24 heavy (non-hydrogen) atoms. The summed E-state index contributed by atoms with van der Waals surface area (Å²) >= 11 is 0. The van der Waals surface area contributed by atoms with E-state index in [-0.39, 0.29) is 5.69 Å². The molecule has 1 aromatic carbocycles. The molecule has 0 unspecified atom stereocenters. The predicted octanol–water partition coefficient (Wildman–Crippen LogP) is 2.96. The van der Waals surface area contributed by atoms with Gasteiger partial charge in [-0.05, 0) is 0 Å². The Morgan fingerprint density at radius 1 is 1.29 bits per heavy atom. The molecule has 3 rings (SSSR count). The molecule has 0 N–H and O–H groups in total. The van der Waals surface area contributed by atoms with Crippen LogP contribution < -0.4 is 0 Å². The molecule has 0 saturated carbocycles. The van der Waals surface area contributed by atoms with E-state index in [9.17, 15) is 23.3 Å². The van der Waals surface area contributed by atoms with Crippen LogP contribution in [0.25, 0.3) is 0 Å². The van der Waals surface area contributed by atoms with Gasteiger partial charge >= 0.3 is 6.18 Å². The van der Waals surface area contributed by atoms with Crippen molar-refractivity contribution in [1.29, 1.82) is 0 Å². The smallest absolute Gasteiger partial charge is 0.294 e. The van der Waals surface area contributed by atoms with Crippen molar-refractivity contribution in [3.05, 3.63) is 63.2 Å². The van der Waals surface area contributed by atoms with Crippen molar-refractivity contribution in [1.82, 2.24) is 14.9 Å². The highest BCUT2D eigenvalue weighted by atomic mass is 19.4. The third-order valence-corrected chi connectivity index (χ3v) is 3.85. The number of alkyl halides is 3. The summed E-state index contributed by atoms with van der Waals surface area (Å²) in [5.41, 5.74) is 1.61. The number of fused-ring (bicyclic) bond motifs is 1. The van der Waals surface area contributed by atoms with E-state index in [1.165, 1.54) is 12.3 Å². The largest absolute Gasteiger partial charge is 0.451 e. The van der Waals surface area contributed by atoms with Crippen LogP contribution in [0.5, 0.6) is 0 Å². The third-order valence-electron chi connectivity index (χ3n) is 3.85. The molecule has 2 heterocycles. The molecule has 1 aliphatic heterocycles. The summed E-state index contributed by atoms with van der Waals surface area (Å²) in [6.07, 6.45) is -3.02. The van der Waals surface area contributed by atoms with Crippen LogP contribution in [0.15, 0.2) is 30.5 Å². The van der Waals surface area contributed by atoms with Crippen molar-refractivity contribution < 1.29 is 18.1 Å². The van der Waals surface area contributed by atoms with Crippen molar-refractivity contribution in [2.24, 2.45) is 0 Å². The lowest BCUT2D eigenvalue weighted by Crippen LogP contribution is -2.31. The molecular formula is C15H13F3N4O2. The summed E-state index contributed by atoms with van der Waals surface area (Å²) < 4.78 is 37.9. The Balaban J connectivity index is 1.78. The molecule has 0 atom stereocenters. The van der Waals surface area contributed by atoms with Gasteiger partial charge in [-0.1, -0.05) is 18.2 Å². The number of aromatic nitrogens is 2. The second-order valence-electron chi connectivity index (χ2n) is 5.51. The topological polar surface area (TPSA) is 72.2 Å². The molecule has 0 bridgehead atoms. The van der Waals surface area contributed by atoms with Crippen LogP contribution in [0.1, 0.15) is 22.6 Å². The zero-order chi connectivity index (χ0) is 17.3. The van der Waals surface area contributed by atoms with Gasteiger partial charge in [0.1, 0.15) is 0 Å². The zero-order valence-corrected chi connectivity index (χ0v) is 12.5. The van der Waals surface area contributed by atoms with E-state index < -0.39 is 16.9 Å². The summed E-state index contributed by atoms with van der Waals surface area (Å²) in [6.45, 7) is 1.19. The maximum atomic E-state index is 12.6. The number of benzene rings is 1. The normalized spacial score (nSPS) is 15.1. The highest BCUT2D eigenvalue weighted by Gasteiger charge is 2.35. The Kier molecular flexibility index (Phi) is 4.18. The van der Waals surface area contributed by atoms with E-state index in [0.29, 0.717) is 42.9 Å². The summed E-state index contributed by atoms with van der Waals surface area (Å²) in [4.78, 5) is 19.5. The molecule has 0 saturated heterocycles. The van der Waals surface area contributed by atoms with Gasteiger partial charge < -0.3 is 0 Å². The average Bonchev–Trinajstić information content (AvgIpc) is 2.53. The Labute approximate surface area is 135 Å². The van der Waals surface area contributed by atoms with Gasteiger partial charge in [0.2, 0.25) is 5.82 Å². The highest BCUT2D eigenvalue weighted by molar-refractivity contribution is 5.39. The fraction of sp³-hybridized carbons (Fsp3) is 0.333. The van der Waals surface area contributed by atoms with Crippen LogP contribution in [0.4, 0.5) is 18.9 Å². The number of rotatable bonds is 3. The van der Waals surface area contributed by atoms with Crippen LogP contribution in [0.3, 0.4) is 0 Å². The average molecular weight is 338 g/mol. The van der Waals surface area contributed by atoms with E-state index in [0.717, 1.165) is 0 Å². The van der Waals surface area contributed by atoms with Gasteiger partial charge in [0, 0.05) is 49.4 Å². The summed E-state index contributed by atoms with van der Waals surface area (Å²) in [7, 11) is 0. The lowest BCUT2D eigenvalue weighted by atomic mass is 10.1. The van der Waals surface area contributed by atoms with Crippen molar-refractivity contribution in [2.45, 2.75) is 25.7 Å². The van der Waals surface area contributed by atoms with E-state index in [1.807, 2.05) is 4.90 Å². The lowest BCUT2D eigenvalue weighted by molar-refractivity contribution is -0.385. The van der Waals surface area contributed by atoms with E-state index in [4.69, 9.17) is 0 Å². The first kappa shape index (κ1) is 16.3. The van der Waals surface area contributed by atoms with Crippen LogP contribution in [-0.4, -0.2) is 26.3 Å². The first-order valence-corrected chi connectivity index (χ1v) is 7.21. The first-order valence-electron chi connectivity index (χ1n) is 7.21. The lowest BCUT2D eigenvalue weighted by Gasteiger charge is -2.28. The maximum Gasteiger partial charge on any atom is 0.451 e. The fourth-order valence-corrected chi connectivity index (χ4v) is 2.71. The second kappa shape index (κ2) is 6.16. The van der Waals surface area contributed by atoms with Crippen LogP contribution in [0, 0.1) is 10.1 Å². The summed E-state index contributed by atoms with van der Waals surface area (Å²) in [5.74, 6) is -1.13. The minimum atomic E-state index is -4.56. The number of para-hydroxylation sites is 1. The van der Waals surface area contributed by atoms with Gasteiger partial charge in [-0.2, -0.15) is 13.2 Å². The van der Waals surface area contributed by atoms with Gasteiger partial charge in [0.05, 0.1) is 10.6 Å². The summed E-state index contributed by atoms with van der Waals surface area (Å²) in [6, 6.07) is 6.43. The van der Waals surface area contributed by atoms with Gasteiger partial charge in [-0.3, -0.25) is 15.0 Å². The summed E-state index contributed by atoms with van der Waals surface area (Å²) in [5, 5.41) is 11.1. The Morgan fingerprint density at radius 2 is 2.04 bits per heavy atom. The predicted molar refractivity (Wildman–Crippen MR) is 77.9 cm³/mol. The van der Waals surface area contributed by atoms with E-state index >= 15 is 0 Å². The highest BCUT2D eigenvalue weighted by Crippen LogP contribution is 2.28. The molecule has 0 aliphatic carbocycles. The Morgan fingerprint density at radius 3 is 2.75 bits per heavy atom. The maximum absolute atomic E-state index is 12.6. The molecule has 0 radical (unpaired) electrons. The van der Waals surface area contributed by atoms with Gasteiger partial charge in [-0.15, -0.1) is 0 Å². The standard InChI is InChI=1S/C15H13F3N4O2/c16-15(17,18)14-19-7-11-9-21(6-5-12(11)20-14)8-10-3-1-2-4-13(10)22(23)24/h1-4,7H,5-6,8-9H2. The molecule has 0 amide bonds. The van der Waals surface area contributed by atoms with Crippen molar-refractivity contribution >= 4 is 5.69 Å². The van der Waals surface area contributed by atoms with Gasteiger partial charge in [0.15, 0.2) is 0 Å². The number of hydrogen-bond donors (Lipinski definition) is 0.